The first-order valence-corrected chi connectivity index (χ1v) is 10.6. The summed E-state index contributed by atoms with van der Waals surface area (Å²) in [7, 11) is 0. The fourth-order valence-corrected chi connectivity index (χ4v) is 3.79. The predicted molar refractivity (Wildman–Crippen MR) is 109 cm³/mol. The van der Waals surface area contributed by atoms with Gasteiger partial charge in [0.25, 0.3) is 0 Å². The van der Waals surface area contributed by atoms with Gasteiger partial charge in [0.15, 0.2) is 0 Å². The van der Waals surface area contributed by atoms with E-state index in [1.807, 2.05) is 20.8 Å². The molecule has 2 saturated heterocycles. The summed E-state index contributed by atoms with van der Waals surface area (Å²) < 4.78 is 10.7. The van der Waals surface area contributed by atoms with Crippen molar-refractivity contribution in [3.05, 3.63) is 17.5 Å². The molecular weight excluding hydrogens is 372 g/mol. The summed E-state index contributed by atoms with van der Waals surface area (Å²) in [6, 6.07) is 0. The molecule has 1 aromatic heterocycles. The van der Waals surface area contributed by atoms with Crippen molar-refractivity contribution in [3.63, 3.8) is 0 Å². The van der Waals surface area contributed by atoms with Gasteiger partial charge >= 0.3 is 12.1 Å². The topological polar surface area (TPSA) is 84.9 Å². The average molecular weight is 405 g/mol. The molecule has 0 unspecified atom stereocenters. The zero-order valence-electron chi connectivity index (χ0n) is 17.9. The average Bonchev–Trinajstić information content (AvgIpc) is 3.21. The Morgan fingerprint density at radius 2 is 1.79 bits per heavy atom. The first-order chi connectivity index (χ1) is 13.8. The number of nitrogens with zero attached hydrogens (tertiary/aromatic N) is 4. The molecule has 29 heavy (non-hydrogen) atoms. The van der Waals surface area contributed by atoms with E-state index in [0.717, 1.165) is 44.5 Å². The number of hydrogen-bond acceptors (Lipinski definition) is 7. The Kier molecular flexibility index (Phi) is 6.59. The predicted octanol–water partition coefficient (Wildman–Crippen LogP) is 3.37. The SMILES string of the molecule is CCOC(=O)c1cnc(N2CCCC2)nc1C1CCN(C(=O)OC(C)(C)C)CC1. The first-order valence-electron chi connectivity index (χ1n) is 10.6. The number of aromatic nitrogens is 2. The highest BCUT2D eigenvalue weighted by atomic mass is 16.6. The first kappa shape index (κ1) is 21.3. The molecular formula is C21H32N4O4. The summed E-state index contributed by atoms with van der Waals surface area (Å²) >= 11 is 0. The Balaban J connectivity index is 1.76. The number of carbonyl (C=O) groups excluding carboxylic acids is 2. The Morgan fingerprint density at radius 1 is 1.14 bits per heavy atom. The van der Waals surface area contributed by atoms with Crippen LogP contribution in [-0.2, 0) is 9.47 Å². The lowest BCUT2D eigenvalue weighted by Gasteiger charge is -2.33. The molecule has 0 aromatic carbocycles. The van der Waals surface area contributed by atoms with Gasteiger partial charge < -0.3 is 19.3 Å². The third-order valence-corrected chi connectivity index (χ3v) is 5.22. The van der Waals surface area contributed by atoms with Crippen LogP contribution >= 0.6 is 0 Å². The van der Waals surface area contributed by atoms with Gasteiger partial charge in [0.2, 0.25) is 5.95 Å². The number of esters is 1. The molecule has 0 spiro atoms. The van der Waals surface area contributed by atoms with Crippen LogP contribution in [0.2, 0.25) is 0 Å². The molecule has 0 atom stereocenters. The van der Waals surface area contributed by atoms with Crippen LogP contribution in [-0.4, -0.2) is 65.3 Å². The third kappa shape index (κ3) is 5.36. The molecule has 2 aliphatic heterocycles. The molecule has 2 aliphatic rings. The van der Waals surface area contributed by atoms with Crippen molar-refractivity contribution in [1.82, 2.24) is 14.9 Å². The van der Waals surface area contributed by atoms with Gasteiger partial charge in [0.1, 0.15) is 5.60 Å². The fraction of sp³-hybridized carbons (Fsp3) is 0.714. The number of likely N-dealkylation sites (tertiary alicyclic amines) is 1. The number of carbonyl (C=O) groups is 2. The number of piperidine rings is 1. The van der Waals surface area contributed by atoms with Crippen LogP contribution in [0.3, 0.4) is 0 Å². The van der Waals surface area contributed by atoms with Crippen LogP contribution < -0.4 is 4.90 Å². The van der Waals surface area contributed by atoms with Crippen molar-refractivity contribution in [2.75, 3.05) is 37.7 Å². The molecule has 3 rings (SSSR count). The lowest BCUT2D eigenvalue weighted by molar-refractivity contribution is 0.0202. The van der Waals surface area contributed by atoms with Crippen LogP contribution in [0.1, 0.15) is 75.3 Å². The van der Waals surface area contributed by atoms with Crippen molar-refractivity contribution in [2.24, 2.45) is 0 Å². The van der Waals surface area contributed by atoms with E-state index in [9.17, 15) is 9.59 Å². The summed E-state index contributed by atoms with van der Waals surface area (Å²) in [5, 5.41) is 0. The molecule has 3 heterocycles. The highest BCUT2D eigenvalue weighted by Crippen LogP contribution is 2.31. The maximum atomic E-state index is 12.5. The molecule has 0 saturated carbocycles. The molecule has 0 radical (unpaired) electrons. The molecule has 2 fully saturated rings. The highest BCUT2D eigenvalue weighted by Gasteiger charge is 2.31. The van der Waals surface area contributed by atoms with Crippen molar-refractivity contribution >= 4 is 18.0 Å². The largest absolute Gasteiger partial charge is 0.462 e. The van der Waals surface area contributed by atoms with Gasteiger partial charge in [-0.1, -0.05) is 0 Å². The van der Waals surface area contributed by atoms with Gasteiger partial charge in [0.05, 0.1) is 17.9 Å². The smallest absolute Gasteiger partial charge is 0.410 e. The minimum atomic E-state index is -0.512. The highest BCUT2D eigenvalue weighted by molar-refractivity contribution is 5.90. The molecule has 0 N–H and O–H groups in total. The quantitative estimate of drug-likeness (QED) is 0.711. The molecule has 0 bridgehead atoms. The van der Waals surface area contributed by atoms with Crippen LogP contribution in [0, 0.1) is 0 Å². The van der Waals surface area contributed by atoms with Crippen molar-refractivity contribution < 1.29 is 19.1 Å². The van der Waals surface area contributed by atoms with Gasteiger partial charge in [-0.3, -0.25) is 0 Å². The summed E-state index contributed by atoms with van der Waals surface area (Å²) in [6.07, 6.45) is 5.03. The molecule has 0 aliphatic carbocycles. The second kappa shape index (κ2) is 8.97. The fourth-order valence-electron chi connectivity index (χ4n) is 3.79. The molecule has 8 heteroatoms. The second-order valence-electron chi connectivity index (χ2n) is 8.63. The Hall–Kier alpha value is -2.38. The maximum absolute atomic E-state index is 12.5. The van der Waals surface area contributed by atoms with Gasteiger partial charge in [-0.05, 0) is 53.4 Å². The zero-order valence-corrected chi connectivity index (χ0v) is 17.9. The summed E-state index contributed by atoms with van der Waals surface area (Å²) in [5.41, 5.74) is 0.664. The summed E-state index contributed by atoms with van der Waals surface area (Å²) in [4.78, 5) is 37.9. The Labute approximate surface area is 172 Å². The van der Waals surface area contributed by atoms with Crippen LogP contribution in [0.25, 0.3) is 0 Å². The normalized spacial score (nSPS) is 18.1. The van der Waals surface area contributed by atoms with Gasteiger partial charge in [-0.25, -0.2) is 19.6 Å². The van der Waals surface area contributed by atoms with Crippen LogP contribution in [0.15, 0.2) is 6.20 Å². The molecule has 1 aromatic rings. The van der Waals surface area contributed by atoms with E-state index in [1.165, 1.54) is 0 Å². The lowest BCUT2D eigenvalue weighted by Crippen LogP contribution is -2.41. The van der Waals surface area contributed by atoms with E-state index >= 15 is 0 Å². The Bertz CT molecular complexity index is 733. The van der Waals surface area contributed by atoms with E-state index in [2.05, 4.69) is 9.88 Å². The van der Waals surface area contributed by atoms with E-state index in [4.69, 9.17) is 14.5 Å². The van der Waals surface area contributed by atoms with E-state index in [-0.39, 0.29) is 18.0 Å². The second-order valence-corrected chi connectivity index (χ2v) is 8.63. The number of rotatable bonds is 4. The standard InChI is InChI=1S/C21H32N4O4/c1-5-28-18(26)16-14-22-19(24-10-6-7-11-24)23-17(16)15-8-12-25(13-9-15)20(27)29-21(2,3)4/h14-15H,5-13H2,1-4H3. The molecule has 1 amide bonds. The lowest BCUT2D eigenvalue weighted by atomic mass is 9.91. The maximum Gasteiger partial charge on any atom is 0.410 e. The van der Waals surface area contributed by atoms with Gasteiger partial charge in [0, 0.05) is 38.3 Å². The van der Waals surface area contributed by atoms with E-state index in [0.29, 0.717) is 31.2 Å². The number of anilines is 1. The number of hydrogen-bond donors (Lipinski definition) is 0. The molecule has 8 nitrogen and oxygen atoms in total. The summed E-state index contributed by atoms with van der Waals surface area (Å²) in [5.74, 6) is 0.377. The van der Waals surface area contributed by atoms with E-state index < -0.39 is 5.60 Å². The monoisotopic (exact) mass is 404 g/mol. The van der Waals surface area contributed by atoms with Crippen molar-refractivity contribution in [2.45, 2.75) is 64.9 Å². The minimum absolute atomic E-state index is 0.0810. The summed E-state index contributed by atoms with van der Waals surface area (Å²) in [6.45, 7) is 10.7. The van der Waals surface area contributed by atoms with Gasteiger partial charge in [-0.2, -0.15) is 0 Å². The Morgan fingerprint density at radius 3 is 2.38 bits per heavy atom. The third-order valence-electron chi connectivity index (χ3n) is 5.22. The molecule has 160 valence electrons. The van der Waals surface area contributed by atoms with Crippen LogP contribution in [0.5, 0.6) is 0 Å². The van der Waals surface area contributed by atoms with Crippen molar-refractivity contribution in [1.29, 1.82) is 0 Å². The van der Waals surface area contributed by atoms with Crippen LogP contribution in [0.4, 0.5) is 10.7 Å². The minimum Gasteiger partial charge on any atom is -0.462 e. The number of ether oxygens (including phenoxy) is 2. The van der Waals surface area contributed by atoms with Crippen molar-refractivity contribution in [3.8, 4) is 0 Å². The number of amides is 1. The van der Waals surface area contributed by atoms with Gasteiger partial charge in [-0.15, -0.1) is 0 Å². The van der Waals surface area contributed by atoms with E-state index in [1.54, 1.807) is 18.0 Å². The zero-order chi connectivity index (χ0) is 21.0.